The van der Waals surface area contributed by atoms with Crippen molar-refractivity contribution < 1.29 is 0 Å². The quantitative estimate of drug-likeness (QED) is 0.829. The van der Waals surface area contributed by atoms with Crippen LogP contribution >= 0.6 is 0 Å². The first-order valence-electron chi connectivity index (χ1n) is 6.11. The maximum atomic E-state index is 5.76. The summed E-state index contributed by atoms with van der Waals surface area (Å²) in [5.41, 5.74) is 6.92. The van der Waals surface area contributed by atoms with Gasteiger partial charge in [0.1, 0.15) is 0 Å². The average molecular weight is 222 g/mol. The maximum Gasteiger partial charge on any atom is 0.0764 e. The molecule has 1 aliphatic heterocycles. The number of rotatable bonds is 3. The topological polar surface area (TPSA) is 47.1 Å². The van der Waals surface area contributed by atoms with Crippen molar-refractivity contribution in [3.05, 3.63) is 18.0 Å². The Labute approximate surface area is 97.4 Å². The molecule has 90 valence electrons. The van der Waals surface area contributed by atoms with Gasteiger partial charge in [-0.25, -0.2) is 0 Å². The smallest absolute Gasteiger partial charge is 0.0764 e. The number of hydrogen-bond acceptors (Lipinski definition) is 3. The molecule has 0 bridgehead atoms. The van der Waals surface area contributed by atoms with Crippen LogP contribution < -0.4 is 5.73 Å². The predicted octanol–water partition coefficient (Wildman–Crippen LogP) is 0.979. The SMILES string of the molecule is CC1CCC(CN)CN1Cc1ccn(C)n1. The van der Waals surface area contributed by atoms with E-state index in [0.29, 0.717) is 12.0 Å². The number of piperidine rings is 1. The van der Waals surface area contributed by atoms with Crippen LogP contribution in [0, 0.1) is 5.92 Å². The summed E-state index contributed by atoms with van der Waals surface area (Å²) in [5.74, 6) is 0.667. The summed E-state index contributed by atoms with van der Waals surface area (Å²) in [5, 5.41) is 4.43. The van der Waals surface area contributed by atoms with Gasteiger partial charge in [0.15, 0.2) is 0 Å². The second kappa shape index (κ2) is 4.97. The fourth-order valence-electron chi connectivity index (χ4n) is 2.43. The Morgan fingerprint density at radius 2 is 2.31 bits per heavy atom. The van der Waals surface area contributed by atoms with Gasteiger partial charge in [-0.05, 0) is 38.3 Å². The molecule has 0 radical (unpaired) electrons. The highest BCUT2D eigenvalue weighted by Gasteiger charge is 2.24. The molecule has 1 aromatic heterocycles. The second-order valence-electron chi connectivity index (χ2n) is 4.94. The van der Waals surface area contributed by atoms with E-state index in [1.54, 1.807) is 0 Å². The molecule has 1 saturated heterocycles. The highest BCUT2D eigenvalue weighted by atomic mass is 15.3. The predicted molar refractivity (Wildman–Crippen MR) is 64.9 cm³/mol. The van der Waals surface area contributed by atoms with Crippen LogP contribution in [0.25, 0.3) is 0 Å². The minimum Gasteiger partial charge on any atom is -0.330 e. The van der Waals surface area contributed by atoms with Crippen molar-refractivity contribution >= 4 is 0 Å². The summed E-state index contributed by atoms with van der Waals surface area (Å²) >= 11 is 0. The van der Waals surface area contributed by atoms with Crippen molar-refractivity contribution in [2.24, 2.45) is 18.7 Å². The van der Waals surface area contributed by atoms with E-state index in [1.165, 1.54) is 12.8 Å². The number of aryl methyl sites for hydroxylation is 1. The zero-order valence-electron chi connectivity index (χ0n) is 10.3. The Hall–Kier alpha value is -0.870. The van der Waals surface area contributed by atoms with Crippen LogP contribution in [0.3, 0.4) is 0 Å². The highest BCUT2D eigenvalue weighted by Crippen LogP contribution is 2.22. The number of hydrogen-bond donors (Lipinski definition) is 1. The molecule has 0 aliphatic carbocycles. The molecule has 0 amide bonds. The highest BCUT2D eigenvalue weighted by molar-refractivity contribution is 4.99. The average Bonchev–Trinajstić information content (AvgIpc) is 2.67. The van der Waals surface area contributed by atoms with Gasteiger partial charge in [-0.3, -0.25) is 9.58 Å². The molecule has 0 aromatic carbocycles. The molecule has 4 nitrogen and oxygen atoms in total. The molecule has 2 atom stereocenters. The zero-order valence-corrected chi connectivity index (χ0v) is 10.3. The molecule has 0 saturated carbocycles. The molecule has 2 rings (SSSR count). The number of nitrogens with two attached hydrogens (primary N) is 1. The first kappa shape index (κ1) is 11.6. The molecule has 1 aliphatic rings. The van der Waals surface area contributed by atoms with Gasteiger partial charge in [0.2, 0.25) is 0 Å². The fourth-order valence-corrected chi connectivity index (χ4v) is 2.43. The molecule has 1 fully saturated rings. The molecule has 4 heteroatoms. The van der Waals surface area contributed by atoms with Crippen LogP contribution in [0.4, 0.5) is 0 Å². The summed E-state index contributed by atoms with van der Waals surface area (Å²) in [6, 6.07) is 2.75. The molecule has 2 unspecified atom stereocenters. The Morgan fingerprint density at radius 3 is 2.94 bits per heavy atom. The first-order chi connectivity index (χ1) is 7.69. The lowest BCUT2D eigenvalue weighted by molar-refractivity contribution is 0.112. The van der Waals surface area contributed by atoms with Gasteiger partial charge in [-0.1, -0.05) is 0 Å². The van der Waals surface area contributed by atoms with E-state index in [-0.39, 0.29) is 0 Å². The molecule has 16 heavy (non-hydrogen) atoms. The van der Waals surface area contributed by atoms with Gasteiger partial charge in [-0.2, -0.15) is 5.10 Å². The van der Waals surface area contributed by atoms with Gasteiger partial charge in [-0.15, -0.1) is 0 Å². The van der Waals surface area contributed by atoms with Crippen molar-refractivity contribution in [3.63, 3.8) is 0 Å². The van der Waals surface area contributed by atoms with E-state index < -0.39 is 0 Å². The molecule has 1 aromatic rings. The molecular formula is C12H22N4. The van der Waals surface area contributed by atoms with Crippen LogP contribution in [0.2, 0.25) is 0 Å². The Balaban J connectivity index is 1.96. The van der Waals surface area contributed by atoms with Gasteiger partial charge in [0, 0.05) is 32.4 Å². The first-order valence-corrected chi connectivity index (χ1v) is 6.11. The van der Waals surface area contributed by atoms with Crippen LogP contribution in [0.15, 0.2) is 12.3 Å². The van der Waals surface area contributed by atoms with Crippen molar-refractivity contribution in [1.29, 1.82) is 0 Å². The second-order valence-corrected chi connectivity index (χ2v) is 4.94. The van der Waals surface area contributed by atoms with Gasteiger partial charge in [0.25, 0.3) is 0 Å². The van der Waals surface area contributed by atoms with Crippen LogP contribution in [0.5, 0.6) is 0 Å². The van der Waals surface area contributed by atoms with E-state index in [0.717, 1.165) is 25.3 Å². The zero-order chi connectivity index (χ0) is 11.5. The maximum absolute atomic E-state index is 5.76. The Kier molecular flexibility index (Phi) is 3.61. The van der Waals surface area contributed by atoms with E-state index in [2.05, 4.69) is 23.0 Å². The van der Waals surface area contributed by atoms with Crippen molar-refractivity contribution in [2.45, 2.75) is 32.4 Å². The fraction of sp³-hybridized carbons (Fsp3) is 0.750. The van der Waals surface area contributed by atoms with Gasteiger partial charge in [0.05, 0.1) is 5.69 Å². The van der Waals surface area contributed by atoms with Crippen molar-refractivity contribution in [3.8, 4) is 0 Å². The van der Waals surface area contributed by atoms with E-state index in [1.807, 2.05) is 17.9 Å². The van der Waals surface area contributed by atoms with Crippen LogP contribution in [-0.4, -0.2) is 33.8 Å². The third-order valence-electron chi connectivity index (χ3n) is 3.58. The number of aromatic nitrogens is 2. The van der Waals surface area contributed by atoms with Gasteiger partial charge < -0.3 is 5.73 Å². The largest absolute Gasteiger partial charge is 0.330 e. The molecular weight excluding hydrogens is 200 g/mol. The minimum atomic E-state index is 0.657. The van der Waals surface area contributed by atoms with Crippen molar-refractivity contribution in [1.82, 2.24) is 14.7 Å². The lowest BCUT2D eigenvalue weighted by Gasteiger charge is -2.37. The Bertz CT molecular complexity index is 334. The van der Waals surface area contributed by atoms with E-state index in [4.69, 9.17) is 5.73 Å². The van der Waals surface area contributed by atoms with Crippen LogP contribution in [0.1, 0.15) is 25.5 Å². The summed E-state index contributed by atoms with van der Waals surface area (Å²) in [4.78, 5) is 2.50. The normalized spacial score (nSPS) is 27.2. The summed E-state index contributed by atoms with van der Waals surface area (Å²) in [6.07, 6.45) is 4.54. The summed E-state index contributed by atoms with van der Waals surface area (Å²) in [6.45, 7) is 5.19. The molecule has 2 heterocycles. The Morgan fingerprint density at radius 1 is 1.50 bits per heavy atom. The molecule has 2 N–H and O–H groups in total. The standard InChI is InChI=1S/C12H22N4/c1-10-3-4-11(7-13)8-16(10)9-12-5-6-15(2)14-12/h5-6,10-11H,3-4,7-9,13H2,1-2H3. The van der Waals surface area contributed by atoms with Gasteiger partial charge >= 0.3 is 0 Å². The van der Waals surface area contributed by atoms with Crippen molar-refractivity contribution in [2.75, 3.05) is 13.1 Å². The minimum absolute atomic E-state index is 0.657. The summed E-state index contributed by atoms with van der Waals surface area (Å²) in [7, 11) is 1.96. The summed E-state index contributed by atoms with van der Waals surface area (Å²) < 4.78 is 1.87. The third kappa shape index (κ3) is 2.62. The monoisotopic (exact) mass is 222 g/mol. The lowest BCUT2D eigenvalue weighted by atomic mass is 9.93. The number of nitrogens with zero attached hydrogens (tertiary/aromatic N) is 3. The number of likely N-dealkylation sites (tertiary alicyclic amines) is 1. The van der Waals surface area contributed by atoms with E-state index >= 15 is 0 Å². The van der Waals surface area contributed by atoms with Crippen LogP contribution in [-0.2, 0) is 13.6 Å². The third-order valence-corrected chi connectivity index (χ3v) is 3.58. The molecule has 0 spiro atoms. The van der Waals surface area contributed by atoms with E-state index in [9.17, 15) is 0 Å². The lowest BCUT2D eigenvalue weighted by Crippen LogP contribution is -2.43.